The Morgan fingerprint density at radius 3 is 2.59 bits per heavy atom. The molecule has 1 saturated heterocycles. The number of likely N-dealkylation sites (tertiary alicyclic amines) is 1. The minimum Gasteiger partial charge on any atom is -0.444 e. The molecule has 122 valence electrons. The molecule has 1 aliphatic rings. The van der Waals surface area contributed by atoms with Gasteiger partial charge in [-0.1, -0.05) is 28.1 Å². The molecule has 2 unspecified atom stereocenters. The van der Waals surface area contributed by atoms with Crippen LogP contribution in [0, 0.1) is 5.92 Å². The first-order chi connectivity index (χ1) is 10.3. The van der Waals surface area contributed by atoms with Crippen molar-refractivity contribution in [3.63, 3.8) is 0 Å². The predicted molar refractivity (Wildman–Crippen MR) is 91.6 cm³/mol. The Hall–Kier alpha value is -1.07. The zero-order chi connectivity index (χ0) is 16.3. The van der Waals surface area contributed by atoms with E-state index < -0.39 is 5.60 Å². The highest BCUT2D eigenvalue weighted by molar-refractivity contribution is 9.10. The van der Waals surface area contributed by atoms with Crippen LogP contribution in [0.15, 0.2) is 28.7 Å². The minimum absolute atomic E-state index is 0.0571. The molecular weight excluding hydrogens is 344 g/mol. The second kappa shape index (κ2) is 7.01. The fraction of sp³-hybridized carbons (Fsp3) is 0.588. The van der Waals surface area contributed by atoms with Gasteiger partial charge in [0.1, 0.15) is 5.60 Å². The smallest absolute Gasteiger partial charge is 0.410 e. The van der Waals surface area contributed by atoms with Gasteiger partial charge >= 0.3 is 6.09 Å². The van der Waals surface area contributed by atoms with Gasteiger partial charge in [0, 0.05) is 23.6 Å². The lowest BCUT2D eigenvalue weighted by Crippen LogP contribution is -2.45. The first-order valence-corrected chi connectivity index (χ1v) is 8.54. The van der Waals surface area contributed by atoms with Crippen LogP contribution in [0.4, 0.5) is 4.79 Å². The average Bonchev–Trinajstić information content (AvgIpc) is 2.46. The van der Waals surface area contributed by atoms with Crippen LogP contribution in [0.2, 0.25) is 0 Å². The highest BCUT2D eigenvalue weighted by atomic mass is 79.9. The Morgan fingerprint density at radius 1 is 1.36 bits per heavy atom. The van der Waals surface area contributed by atoms with E-state index in [1.807, 2.05) is 45.0 Å². The average molecular weight is 369 g/mol. The maximum absolute atomic E-state index is 12.2. The van der Waals surface area contributed by atoms with Gasteiger partial charge in [-0.15, -0.1) is 0 Å². The van der Waals surface area contributed by atoms with E-state index in [1.165, 1.54) is 0 Å². The summed E-state index contributed by atoms with van der Waals surface area (Å²) in [6, 6.07) is 8.04. The molecule has 0 saturated carbocycles. The summed E-state index contributed by atoms with van der Waals surface area (Å²) in [5.74, 6) is 0.266. The third-order valence-corrected chi connectivity index (χ3v) is 4.40. The third kappa shape index (κ3) is 4.71. The number of benzene rings is 1. The topological polar surface area (TPSA) is 55.6 Å². The third-order valence-electron chi connectivity index (χ3n) is 3.87. The second-order valence-corrected chi connectivity index (χ2v) is 7.82. The van der Waals surface area contributed by atoms with E-state index in [1.54, 1.807) is 4.90 Å². The first-order valence-electron chi connectivity index (χ1n) is 7.75. The van der Waals surface area contributed by atoms with E-state index in [9.17, 15) is 4.79 Å². The van der Waals surface area contributed by atoms with Gasteiger partial charge < -0.3 is 15.4 Å². The molecule has 22 heavy (non-hydrogen) atoms. The van der Waals surface area contributed by atoms with Crippen LogP contribution in [0.5, 0.6) is 0 Å². The van der Waals surface area contributed by atoms with Gasteiger partial charge in [-0.2, -0.15) is 0 Å². The second-order valence-electron chi connectivity index (χ2n) is 6.91. The Balaban J connectivity index is 2.00. The molecule has 2 atom stereocenters. The maximum Gasteiger partial charge on any atom is 0.410 e. The van der Waals surface area contributed by atoms with E-state index in [0.717, 1.165) is 29.4 Å². The normalized spacial score (nSPS) is 20.6. The van der Waals surface area contributed by atoms with Gasteiger partial charge in [0.2, 0.25) is 0 Å². The van der Waals surface area contributed by atoms with Gasteiger partial charge in [-0.05, 0) is 57.2 Å². The Kier molecular flexibility index (Phi) is 5.50. The number of nitrogens with zero attached hydrogens (tertiary/aromatic N) is 1. The Bertz CT molecular complexity index is 510. The summed E-state index contributed by atoms with van der Waals surface area (Å²) < 4.78 is 6.51. The van der Waals surface area contributed by atoms with Crippen molar-refractivity contribution in [1.82, 2.24) is 4.90 Å². The number of piperidine rings is 1. The number of carbonyl (C=O) groups is 1. The lowest BCUT2D eigenvalue weighted by molar-refractivity contribution is 0.0152. The van der Waals surface area contributed by atoms with Crippen molar-refractivity contribution < 1.29 is 9.53 Å². The molecule has 0 radical (unpaired) electrons. The van der Waals surface area contributed by atoms with Crippen LogP contribution in [0.1, 0.15) is 45.2 Å². The number of nitrogens with two attached hydrogens (primary N) is 1. The number of halogens is 1. The lowest BCUT2D eigenvalue weighted by Gasteiger charge is -2.36. The molecule has 1 amide bonds. The van der Waals surface area contributed by atoms with Crippen molar-refractivity contribution in [2.75, 3.05) is 13.1 Å². The highest BCUT2D eigenvalue weighted by Crippen LogP contribution is 2.29. The monoisotopic (exact) mass is 368 g/mol. The van der Waals surface area contributed by atoms with Crippen molar-refractivity contribution in [2.45, 2.75) is 45.3 Å². The van der Waals surface area contributed by atoms with Gasteiger partial charge in [0.05, 0.1) is 0 Å². The fourth-order valence-electron chi connectivity index (χ4n) is 2.75. The largest absolute Gasteiger partial charge is 0.444 e. The minimum atomic E-state index is -0.460. The van der Waals surface area contributed by atoms with Crippen molar-refractivity contribution in [1.29, 1.82) is 0 Å². The predicted octanol–water partition coefficient (Wildman–Crippen LogP) is 4.10. The zero-order valence-electron chi connectivity index (χ0n) is 13.5. The van der Waals surface area contributed by atoms with Crippen LogP contribution in [-0.4, -0.2) is 29.7 Å². The van der Waals surface area contributed by atoms with Crippen molar-refractivity contribution in [3.05, 3.63) is 34.3 Å². The molecule has 1 aromatic rings. The molecule has 1 fully saturated rings. The van der Waals surface area contributed by atoms with Crippen LogP contribution in [0.25, 0.3) is 0 Å². The molecular formula is C17H25BrN2O2. The Morgan fingerprint density at radius 2 is 2.00 bits per heavy atom. The zero-order valence-corrected chi connectivity index (χ0v) is 15.1. The molecule has 1 aliphatic heterocycles. The maximum atomic E-state index is 12.2. The van der Waals surface area contributed by atoms with Crippen LogP contribution < -0.4 is 5.73 Å². The molecule has 1 heterocycles. The quantitative estimate of drug-likeness (QED) is 0.854. The van der Waals surface area contributed by atoms with Crippen LogP contribution >= 0.6 is 15.9 Å². The number of hydrogen-bond donors (Lipinski definition) is 1. The van der Waals surface area contributed by atoms with Crippen molar-refractivity contribution in [2.24, 2.45) is 11.7 Å². The molecule has 4 nitrogen and oxygen atoms in total. The van der Waals surface area contributed by atoms with Crippen LogP contribution in [0.3, 0.4) is 0 Å². The SMILES string of the molecule is CC(C)(C)OC(=O)N1CCCC(C(N)c2ccc(Br)cc2)C1. The number of rotatable bonds is 2. The summed E-state index contributed by atoms with van der Waals surface area (Å²) in [6.45, 7) is 7.07. The Labute approximate surface area is 141 Å². The molecule has 2 rings (SSSR count). The van der Waals surface area contributed by atoms with E-state index in [4.69, 9.17) is 10.5 Å². The summed E-state index contributed by atoms with van der Waals surface area (Å²) in [6.07, 6.45) is 1.77. The number of amides is 1. The summed E-state index contributed by atoms with van der Waals surface area (Å²) in [5, 5.41) is 0. The van der Waals surface area contributed by atoms with E-state index in [-0.39, 0.29) is 18.1 Å². The van der Waals surface area contributed by atoms with Crippen LogP contribution in [-0.2, 0) is 4.74 Å². The summed E-state index contributed by atoms with van der Waals surface area (Å²) >= 11 is 3.44. The van der Waals surface area contributed by atoms with E-state index in [2.05, 4.69) is 15.9 Å². The summed E-state index contributed by atoms with van der Waals surface area (Å²) in [4.78, 5) is 14.0. The first kappa shape index (κ1) is 17.3. The lowest BCUT2D eigenvalue weighted by atomic mass is 9.87. The van der Waals surface area contributed by atoms with E-state index >= 15 is 0 Å². The molecule has 0 aliphatic carbocycles. The van der Waals surface area contributed by atoms with Gasteiger partial charge in [0.15, 0.2) is 0 Å². The highest BCUT2D eigenvalue weighted by Gasteiger charge is 2.30. The van der Waals surface area contributed by atoms with E-state index in [0.29, 0.717) is 6.54 Å². The number of hydrogen-bond acceptors (Lipinski definition) is 3. The molecule has 2 N–H and O–H groups in total. The van der Waals surface area contributed by atoms with Crippen molar-refractivity contribution in [3.8, 4) is 0 Å². The molecule has 0 aromatic heterocycles. The number of carbonyl (C=O) groups excluding carboxylic acids is 1. The van der Waals surface area contributed by atoms with Crippen molar-refractivity contribution >= 4 is 22.0 Å². The molecule has 5 heteroatoms. The summed E-state index contributed by atoms with van der Waals surface area (Å²) in [7, 11) is 0. The molecule has 1 aromatic carbocycles. The summed E-state index contributed by atoms with van der Waals surface area (Å²) in [5.41, 5.74) is 7.07. The number of ether oxygens (including phenoxy) is 1. The van der Waals surface area contributed by atoms with Gasteiger partial charge in [-0.25, -0.2) is 4.79 Å². The molecule has 0 spiro atoms. The fourth-order valence-corrected chi connectivity index (χ4v) is 3.02. The van der Waals surface area contributed by atoms with Gasteiger partial charge in [0.25, 0.3) is 0 Å². The van der Waals surface area contributed by atoms with Gasteiger partial charge in [-0.3, -0.25) is 0 Å². The standard InChI is InChI=1S/C17H25BrN2O2/c1-17(2,3)22-16(21)20-10-4-5-13(11-20)15(19)12-6-8-14(18)9-7-12/h6-9,13,15H,4-5,10-11,19H2,1-3H3. The molecule has 0 bridgehead atoms.